The number of hydrogen-bond donors (Lipinski definition) is 1. The smallest absolute Gasteiger partial charge is 0.135 e. The van der Waals surface area contributed by atoms with Crippen LogP contribution >= 0.6 is 11.6 Å². The second-order valence-corrected chi connectivity index (χ2v) is 6.65. The molecule has 1 N–H and O–H groups in total. The van der Waals surface area contributed by atoms with Gasteiger partial charge in [-0.1, -0.05) is 23.7 Å². The van der Waals surface area contributed by atoms with E-state index in [1.807, 2.05) is 36.4 Å². The number of ether oxygens (including phenoxy) is 1. The minimum absolute atomic E-state index is 0.626. The van der Waals surface area contributed by atoms with Crippen LogP contribution in [0.15, 0.2) is 65.1 Å². The molecule has 0 amide bonds. The van der Waals surface area contributed by atoms with E-state index in [2.05, 4.69) is 34.5 Å². The number of anilines is 2. The zero-order valence-corrected chi connectivity index (χ0v) is 15.2. The topological polar surface area (TPSA) is 37.6 Å². The molecule has 4 rings (SSSR count). The summed E-state index contributed by atoms with van der Waals surface area (Å²) >= 11 is 6.23. The van der Waals surface area contributed by atoms with Crippen LogP contribution < -0.4 is 10.2 Å². The lowest BCUT2D eigenvalue weighted by atomic mass is 10.2. The number of halogens is 1. The number of hydrogen-bond acceptors (Lipinski definition) is 4. The molecule has 0 aliphatic carbocycles. The molecule has 26 heavy (non-hydrogen) atoms. The van der Waals surface area contributed by atoms with E-state index in [0.717, 1.165) is 49.1 Å². The Morgan fingerprint density at radius 3 is 2.46 bits per heavy atom. The van der Waals surface area contributed by atoms with Crippen molar-refractivity contribution in [3.8, 4) is 11.3 Å². The van der Waals surface area contributed by atoms with Gasteiger partial charge in [-0.25, -0.2) is 0 Å². The van der Waals surface area contributed by atoms with Crippen molar-refractivity contribution in [1.82, 2.24) is 0 Å². The standard InChI is InChI=1S/C21H21ClN2O2/c22-20-4-2-1-3-19(20)21-10-9-18(26-21)15-23-16-5-7-17(8-6-16)24-11-13-25-14-12-24/h1-10,23H,11-15H2. The summed E-state index contributed by atoms with van der Waals surface area (Å²) in [5.41, 5.74) is 3.21. The van der Waals surface area contributed by atoms with E-state index in [1.54, 1.807) is 0 Å². The minimum atomic E-state index is 0.626. The molecular weight excluding hydrogens is 348 g/mol. The summed E-state index contributed by atoms with van der Waals surface area (Å²) in [5.74, 6) is 1.66. The van der Waals surface area contributed by atoms with Crippen molar-refractivity contribution in [3.05, 3.63) is 71.4 Å². The maximum absolute atomic E-state index is 6.23. The Morgan fingerprint density at radius 1 is 0.923 bits per heavy atom. The highest BCUT2D eigenvalue weighted by Gasteiger charge is 2.11. The van der Waals surface area contributed by atoms with Gasteiger partial charge in [0, 0.05) is 30.0 Å². The molecule has 4 nitrogen and oxygen atoms in total. The maximum atomic E-state index is 6.23. The first-order chi connectivity index (χ1) is 12.8. The highest BCUT2D eigenvalue weighted by molar-refractivity contribution is 6.33. The molecule has 1 saturated heterocycles. The lowest BCUT2D eigenvalue weighted by Gasteiger charge is -2.28. The van der Waals surface area contributed by atoms with Gasteiger partial charge in [-0.3, -0.25) is 0 Å². The third-order valence-corrected chi connectivity index (χ3v) is 4.84. The van der Waals surface area contributed by atoms with Crippen LogP contribution in [0.2, 0.25) is 5.02 Å². The Hall–Kier alpha value is -2.43. The molecule has 1 fully saturated rings. The lowest BCUT2D eigenvalue weighted by molar-refractivity contribution is 0.122. The molecule has 0 unspecified atom stereocenters. The molecule has 1 aliphatic heterocycles. The van der Waals surface area contributed by atoms with Crippen LogP contribution in [0.25, 0.3) is 11.3 Å². The Labute approximate surface area is 158 Å². The first-order valence-corrected chi connectivity index (χ1v) is 9.18. The van der Waals surface area contributed by atoms with Gasteiger partial charge in [-0.15, -0.1) is 0 Å². The largest absolute Gasteiger partial charge is 0.459 e. The van der Waals surface area contributed by atoms with E-state index in [1.165, 1.54) is 5.69 Å². The maximum Gasteiger partial charge on any atom is 0.135 e. The molecule has 0 bridgehead atoms. The van der Waals surface area contributed by atoms with Gasteiger partial charge < -0.3 is 19.4 Å². The van der Waals surface area contributed by atoms with Crippen LogP contribution in [0.4, 0.5) is 11.4 Å². The van der Waals surface area contributed by atoms with E-state index < -0.39 is 0 Å². The minimum Gasteiger partial charge on any atom is -0.459 e. The molecule has 5 heteroatoms. The Balaban J connectivity index is 1.38. The molecule has 0 radical (unpaired) electrons. The van der Waals surface area contributed by atoms with Gasteiger partial charge in [0.2, 0.25) is 0 Å². The van der Waals surface area contributed by atoms with Gasteiger partial charge in [0.1, 0.15) is 11.5 Å². The number of nitrogens with one attached hydrogen (secondary N) is 1. The average Bonchev–Trinajstić information content (AvgIpc) is 3.17. The summed E-state index contributed by atoms with van der Waals surface area (Å²) in [6, 6.07) is 20.1. The molecule has 3 aromatic rings. The first kappa shape index (κ1) is 17.0. The van der Waals surface area contributed by atoms with E-state index in [9.17, 15) is 0 Å². The fourth-order valence-electron chi connectivity index (χ4n) is 3.08. The third-order valence-electron chi connectivity index (χ3n) is 4.51. The summed E-state index contributed by atoms with van der Waals surface area (Å²) in [4.78, 5) is 2.34. The quantitative estimate of drug-likeness (QED) is 0.684. The second-order valence-electron chi connectivity index (χ2n) is 6.25. The van der Waals surface area contributed by atoms with Crippen molar-refractivity contribution < 1.29 is 9.15 Å². The number of rotatable bonds is 5. The van der Waals surface area contributed by atoms with E-state index in [0.29, 0.717) is 11.6 Å². The van der Waals surface area contributed by atoms with Gasteiger partial charge in [-0.05, 0) is 48.5 Å². The van der Waals surface area contributed by atoms with E-state index in [4.69, 9.17) is 20.8 Å². The lowest BCUT2D eigenvalue weighted by Crippen LogP contribution is -2.36. The van der Waals surface area contributed by atoms with Gasteiger partial charge in [0.15, 0.2) is 0 Å². The van der Waals surface area contributed by atoms with Crippen LogP contribution in [0.5, 0.6) is 0 Å². The van der Waals surface area contributed by atoms with Crippen molar-refractivity contribution in [2.24, 2.45) is 0 Å². The zero-order valence-electron chi connectivity index (χ0n) is 14.5. The molecule has 2 aromatic carbocycles. The summed E-state index contributed by atoms with van der Waals surface area (Å²) in [6.07, 6.45) is 0. The predicted molar refractivity (Wildman–Crippen MR) is 106 cm³/mol. The highest BCUT2D eigenvalue weighted by Crippen LogP contribution is 2.29. The molecule has 0 spiro atoms. The van der Waals surface area contributed by atoms with Crippen molar-refractivity contribution >= 4 is 23.0 Å². The van der Waals surface area contributed by atoms with Crippen LogP contribution in [0.3, 0.4) is 0 Å². The average molecular weight is 369 g/mol. The van der Waals surface area contributed by atoms with Crippen molar-refractivity contribution in [2.75, 3.05) is 36.5 Å². The van der Waals surface area contributed by atoms with Crippen LogP contribution in [0, 0.1) is 0 Å². The number of furan rings is 1. The molecule has 2 heterocycles. The number of nitrogens with zero attached hydrogens (tertiary/aromatic N) is 1. The second kappa shape index (κ2) is 7.85. The van der Waals surface area contributed by atoms with Gasteiger partial charge in [0.25, 0.3) is 0 Å². The first-order valence-electron chi connectivity index (χ1n) is 8.80. The summed E-state index contributed by atoms with van der Waals surface area (Å²) in [5, 5.41) is 4.10. The Kier molecular flexibility index (Phi) is 5.14. The zero-order chi connectivity index (χ0) is 17.8. The van der Waals surface area contributed by atoms with Gasteiger partial charge in [0.05, 0.1) is 24.8 Å². The van der Waals surface area contributed by atoms with Crippen molar-refractivity contribution in [3.63, 3.8) is 0 Å². The molecule has 0 saturated carbocycles. The monoisotopic (exact) mass is 368 g/mol. The van der Waals surface area contributed by atoms with Gasteiger partial charge >= 0.3 is 0 Å². The Bertz CT molecular complexity index is 854. The molecule has 1 aromatic heterocycles. The van der Waals surface area contributed by atoms with Crippen LogP contribution in [0.1, 0.15) is 5.76 Å². The highest BCUT2D eigenvalue weighted by atomic mass is 35.5. The normalized spacial score (nSPS) is 14.4. The van der Waals surface area contributed by atoms with E-state index >= 15 is 0 Å². The summed E-state index contributed by atoms with van der Waals surface area (Å²) in [7, 11) is 0. The predicted octanol–water partition coefficient (Wildman–Crippen LogP) is 5.05. The fraction of sp³-hybridized carbons (Fsp3) is 0.238. The van der Waals surface area contributed by atoms with Crippen LogP contribution in [-0.2, 0) is 11.3 Å². The summed E-state index contributed by atoms with van der Waals surface area (Å²) in [6.45, 7) is 4.12. The summed E-state index contributed by atoms with van der Waals surface area (Å²) < 4.78 is 11.3. The molecular formula is C21H21ClN2O2. The fourth-order valence-corrected chi connectivity index (χ4v) is 3.31. The third kappa shape index (κ3) is 3.87. The molecule has 0 atom stereocenters. The molecule has 134 valence electrons. The SMILES string of the molecule is Clc1ccccc1-c1ccc(CNc2ccc(N3CCOCC3)cc2)o1. The molecule has 1 aliphatic rings. The number of morpholine rings is 1. The number of benzene rings is 2. The van der Waals surface area contributed by atoms with E-state index in [-0.39, 0.29) is 0 Å². The van der Waals surface area contributed by atoms with Crippen LogP contribution in [-0.4, -0.2) is 26.3 Å². The van der Waals surface area contributed by atoms with Gasteiger partial charge in [-0.2, -0.15) is 0 Å². The Morgan fingerprint density at radius 2 is 1.69 bits per heavy atom. The van der Waals surface area contributed by atoms with Crippen molar-refractivity contribution in [2.45, 2.75) is 6.54 Å². The van der Waals surface area contributed by atoms with Crippen molar-refractivity contribution in [1.29, 1.82) is 0 Å².